The number of benzene rings is 1. The zero-order chi connectivity index (χ0) is 16.0. The molecule has 0 unspecified atom stereocenters. The number of halogens is 3. The highest BCUT2D eigenvalue weighted by atomic mass is 19.2. The summed E-state index contributed by atoms with van der Waals surface area (Å²) in [5, 5.41) is 5.28. The van der Waals surface area contributed by atoms with Crippen LogP contribution in [0.4, 0.5) is 23.7 Å². The zero-order valence-electron chi connectivity index (χ0n) is 12.2. The SMILES string of the molecule is CC(C)(C)OC(=O)NCCCNc1cc(F)c(F)c(F)c1. The van der Waals surface area contributed by atoms with Crippen LogP contribution in [0.25, 0.3) is 0 Å². The number of carbonyl (C=O) groups excluding carboxylic acids is 1. The van der Waals surface area contributed by atoms with Gasteiger partial charge in [-0.1, -0.05) is 0 Å². The van der Waals surface area contributed by atoms with E-state index in [-0.39, 0.29) is 5.69 Å². The molecule has 4 nitrogen and oxygen atoms in total. The van der Waals surface area contributed by atoms with E-state index in [1.54, 1.807) is 20.8 Å². The van der Waals surface area contributed by atoms with Gasteiger partial charge in [-0.3, -0.25) is 0 Å². The zero-order valence-corrected chi connectivity index (χ0v) is 12.2. The van der Waals surface area contributed by atoms with E-state index < -0.39 is 29.1 Å². The van der Waals surface area contributed by atoms with Crippen LogP contribution in [-0.4, -0.2) is 24.8 Å². The molecule has 0 spiro atoms. The van der Waals surface area contributed by atoms with E-state index >= 15 is 0 Å². The summed E-state index contributed by atoms with van der Waals surface area (Å²) in [5.41, 5.74) is -0.422. The summed E-state index contributed by atoms with van der Waals surface area (Å²) in [6, 6.07) is 1.75. The third-order valence-corrected chi connectivity index (χ3v) is 2.33. The van der Waals surface area contributed by atoms with Gasteiger partial charge in [0.2, 0.25) is 0 Å². The third kappa shape index (κ3) is 6.37. The molecule has 0 atom stereocenters. The second-order valence-electron chi connectivity index (χ2n) is 5.46. The van der Waals surface area contributed by atoms with E-state index in [0.29, 0.717) is 19.5 Å². The first-order valence-corrected chi connectivity index (χ1v) is 6.54. The van der Waals surface area contributed by atoms with Crippen molar-refractivity contribution in [2.45, 2.75) is 32.8 Å². The van der Waals surface area contributed by atoms with Crippen LogP contribution in [-0.2, 0) is 4.74 Å². The molecule has 0 radical (unpaired) electrons. The van der Waals surface area contributed by atoms with Crippen molar-refractivity contribution in [2.24, 2.45) is 0 Å². The smallest absolute Gasteiger partial charge is 0.407 e. The van der Waals surface area contributed by atoms with Crippen molar-refractivity contribution >= 4 is 11.8 Å². The topological polar surface area (TPSA) is 50.4 Å². The highest BCUT2D eigenvalue weighted by Gasteiger charge is 2.15. The molecule has 0 bridgehead atoms. The Morgan fingerprint density at radius 3 is 2.24 bits per heavy atom. The molecule has 0 aliphatic rings. The second kappa shape index (κ2) is 7.19. The number of amides is 1. The molecule has 1 aromatic carbocycles. The fraction of sp³-hybridized carbons (Fsp3) is 0.500. The van der Waals surface area contributed by atoms with Gasteiger partial charge < -0.3 is 15.4 Å². The molecule has 1 aromatic rings. The molecule has 0 aliphatic heterocycles. The summed E-state index contributed by atoms with van der Waals surface area (Å²) >= 11 is 0. The van der Waals surface area contributed by atoms with E-state index in [9.17, 15) is 18.0 Å². The van der Waals surface area contributed by atoms with Crippen LogP contribution in [0.1, 0.15) is 27.2 Å². The van der Waals surface area contributed by atoms with Crippen molar-refractivity contribution < 1.29 is 22.7 Å². The fourth-order valence-corrected chi connectivity index (χ4v) is 1.48. The first-order valence-electron chi connectivity index (χ1n) is 6.54. The van der Waals surface area contributed by atoms with Crippen molar-refractivity contribution in [1.82, 2.24) is 5.32 Å². The lowest BCUT2D eigenvalue weighted by atomic mass is 10.2. The van der Waals surface area contributed by atoms with Gasteiger partial charge >= 0.3 is 6.09 Å². The summed E-state index contributed by atoms with van der Waals surface area (Å²) in [7, 11) is 0. The van der Waals surface area contributed by atoms with Crippen LogP contribution in [0.5, 0.6) is 0 Å². The molecular formula is C14H19F3N2O2. The van der Waals surface area contributed by atoms with Gasteiger partial charge in [0.25, 0.3) is 0 Å². The van der Waals surface area contributed by atoms with Crippen molar-refractivity contribution in [3.8, 4) is 0 Å². The molecule has 0 saturated carbocycles. The number of carbonyl (C=O) groups is 1. The molecule has 1 rings (SSSR count). The summed E-state index contributed by atoms with van der Waals surface area (Å²) < 4.78 is 43.7. The maximum absolute atomic E-state index is 13.0. The van der Waals surface area contributed by atoms with Crippen LogP contribution in [0.3, 0.4) is 0 Å². The Labute approximate surface area is 121 Å². The van der Waals surface area contributed by atoms with Crippen molar-refractivity contribution in [1.29, 1.82) is 0 Å². The summed E-state index contributed by atoms with van der Waals surface area (Å²) in [6.45, 7) is 5.97. The van der Waals surface area contributed by atoms with Gasteiger partial charge in [0, 0.05) is 30.9 Å². The molecule has 0 aromatic heterocycles. The predicted molar refractivity (Wildman–Crippen MR) is 73.7 cm³/mol. The van der Waals surface area contributed by atoms with E-state index in [1.807, 2.05) is 0 Å². The maximum Gasteiger partial charge on any atom is 0.407 e. The van der Waals surface area contributed by atoms with E-state index in [4.69, 9.17) is 4.74 Å². The van der Waals surface area contributed by atoms with E-state index in [1.165, 1.54) is 0 Å². The van der Waals surface area contributed by atoms with Crippen LogP contribution >= 0.6 is 0 Å². The molecule has 21 heavy (non-hydrogen) atoms. The minimum absolute atomic E-state index is 0.142. The minimum Gasteiger partial charge on any atom is -0.444 e. The summed E-state index contributed by atoms with van der Waals surface area (Å²) in [6.07, 6.45) is -0.0128. The van der Waals surface area contributed by atoms with Gasteiger partial charge in [-0.25, -0.2) is 18.0 Å². The quantitative estimate of drug-likeness (QED) is 0.647. The monoisotopic (exact) mass is 304 g/mol. The number of alkyl carbamates (subject to hydrolysis) is 1. The van der Waals surface area contributed by atoms with Crippen LogP contribution < -0.4 is 10.6 Å². The third-order valence-electron chi connectivity index (χ3n) is 2.33. The van der Waals surface area contributed by atoms with Gasteiger partial charge in [0.1, 0.15) is 5.60 Å². The molecule has 0 saturated heterocycles. The predicted octanol–water partition coefficient (Wildman–Crippen LogP) is 3.43. The first kappa shape index (κ1) is 17.1. The Kier molecular flexibility index (Phi) is 5.87. The molecule has 2 N–H and O–H groups in total. The molecular weight excluding hydrogens is 285 g/mol. The van der Waals surface area contributed by atoms with Gasteiger partial charge in [-0.05, 0) is 27.2 Å². The molecule has 0 heterocycles. The number of hydrogen-bond donors (Lipinski definition) is 2. The van der Waals surface area contributed by atoms with E-state index in [2.05, 4.69) is 10.6 Å². The van der Waals surface area contributed by atoms with Gasteiger partial charge in [-0.15, -0.1) is 0 Å². The number of hydrogen-bond acceptors (Lipinski definition) is 3. The van der Waals surface area contributed by atoms with Gasteiger partial charge in [-0.2, -0.15) is 0 Å². The second-order valence-corrected chi connectivity index (χ2v) is 5.46. The summed E-state index contributed by atoms with van der Waals surface area (Å²) in [4.78, 5) is 11.3. The molecule has 0 fully saturated rings. The fourth-order valence-electron chi connectivity index (χ4n) is 1.48. The lowest BCUT2D eigenvalue weighted by Gasteiger charge is -2.19. The van der Waals surface area contributed by atoms with Gasteiger partial charge in [0.05, 0.1) is 0 Å². The van der Waals surface area contributed by atoms with Crippen LogP contribution in [0, 0.1) is 17.5 Å². The van der Waals surface area contributed by atoms with Crippen molar-refractivity contribution in [3.63, 3.8) is 0 Å². The molecule has 0 aliphatic carbocycles. The number of nitrogens with one attached hydrogen (secondary N) is 2. The lowest BCUT2D eigenvalue weighted by Crippen LogP contribution is -2.33. The molecule has 1 amide bonds. The van der Waals surface area contributed by atoms with E-state index in [0.717, 1.165) is 12.1 Å². The Balaban J connectivity index is 2.27. The van der Waals surface area contributed by atoms with Crippen molar-refractivity contribution in [3.05, 3.63) is 29.6 Å². The first-order chi connectivity index (χ1) is 9.69. The van der Waals surface area contributed by atoms with Crippen LogP contribution in [0.15, 0.2) is 12.1 Å². The maximum atomic E-state index is 13.0. The molecule has 118 valence electrons. The normalized spacial score (nSPS) is 11.1. The van der Waals surface area contributed by atoms with Crippen molar-refractivity contribution in [2.75, 3.05) is 18.4 Å². The standard InChI is InChI=1S/C14H19F3N2O2/c1-14(2,3)21-13(20)19-6-4-5-18-9-7-10(15)12(17)11(16)8-9/h7-8,18H,4-6H2,1-3H3,(H,19,20). The Bertz CT molecular complexity index is 478. The Morgan fingerprint density at radius 2 is 1.71 bits per heavy atom. The average molecular weight is 304 g/mol. The lowest BCUT2D eigenvalue weighted by molar-refractivity contribution is 0.0528. The Morgan fingerprint density at radius 1 is 1.14 bits per heavy atom. The number of ether oxygens (including phenoxy) is 1. The Hall–Kier alpha value is -1.92. The largest absolute Gasteiger partial charge is 0.444 e. The number of anilines is 1. The molecule has 7 heteroatoms. The highest BCUT2D eigenvalue weighted by Crippen LogP contribution is 2.17. The van der Waals surface area contributed by atoms with Gasteiger partial charge in [0.15, 0.2) is 17.5 Å². The highest BCUT2D eigenvalue weighted by molar-refractivity contribution is 5.67. The average Bonchev–Trinajstić information content (AvgIpc) is 2.33. The minimum atomic E-state index is -1.49. The van der Waals surface area contributed by atoms with Crippen LogP contribution in [0.2, 0.25) is 0 Å². The number of rotatable bonds is 5. The summed E-state index contributed by atoms with van der Waals surface area (Å²) in [5.74, 6) is -3.99.